The highest BCUT2D eigenvalue weighted by atomic mass is 32.1. The van der Waals surface area contributed by atoms with Crippen molar-refractivity contribution in [2.24, 2.45) is 7.05 Å². The van der Waals surface area contributed by atoms with Gasteiger partial charge in [0.05, 0.1) is 12.8 Å². The SMILES string of the molecule is COc1c(NC(=O)c2nc3ccc(N4CCC5(CCCN5C)C4)nc3s2)cc2cn(C)nc2c1F. The quantitative estimate of drug-likeness (QED) is 0.462. The summed E-state index contributed by atoms with van der Waals surface area (Å²) in [6.45, 7) is 3.09. The molecule has 1 N–H and O–H groups in total. The lowest BCUT2D eigenvalue weighted by Crippen LogP contribution is -2.43. The molecule has 5 heterocycles. The lowest BCUT2D eigenvalue weighted by molar-refractivity contribution is 0.102. The first-order valence-corrected chi connectivity index (χ1v) is 12.4. The van der Waals surface area contributed by atoms with Crippen LogP contribution in [0.1, 0.15) is 29.1 Å². The monoisotopic (exact) mass is 495 g/mol. The van der Waals surface area contributed by atoms with Gasteiger partial charge in [0.15, 0.2) is 16.6 Å². The first-order chi connectivity index (χ1) is 16.9. The van der Waals surface area contributed by atoms with E-state index in [4.69, 9.17) is 9.72 Å². The summed E-state index contributed by atoms with van der Waals surface area (Å²) >= 11 is 1.22. The Hall–Kier alpha value is -3.31. The number of nitrogens with zero attached hydrogens (tertiary/aromatic N) is 6. The largest absolute Gasteiger partial charge is 0.491 e. The van der Waals surface area contributed by atoms with E-state index in [-0.39, 0.29) is 27.5 Å². The Morgan fingerprint density at radius 1 is 1.23 bits per heavy atom. The van der Waals surface area contributed by atoms with Crippen LogP contribution in [0.4, 0.5) is 15.9 Å². The molecule has 4 aromatic rings. The number of halogens is 1. The topological polar surface area (TPSA) is 88.4 Å². The number of hydrogen-bond acceptors (Lipinski definition) is 8. The zero-order valence-corrected chi connectivity index (χ0v) is 20.7. The lowest BCUT2D eigenvalue weighted by atomic mass is 9.96. The Morgan fingerprint density at radius 2 is 2.09 bits per heavy atom. The van der Waals surface area contributed by atoms with Crippen LogP contribution >= 0.6 is 11.3 Å². The van der Waals surface area contributed by atoms with E-state index in [0.717, 1.165) is 31.9 Å². The number of nitrogens with one attached hydrogen (secondary N) is 1. The number of amides is 1. The molecule has 0 saturated carbocycles. The summed E-state index contributed by atoms with van der Waals surface area (Å²) in [5.41, 5.74) is 1.33. The maximum Gasteiger partial charge on any atom is 0.284 e. The molecule has 1 atom stereocenters. The van der Waals surface area contributed by atoms with Gasteiger partial charge < -0.3 is 15.0 Å². The number of thiazole rings is 1. The molecule has 2 saturated heterocycles. The van der Waals surface area contributed by atoms with Crippen molar-refractivity contribution in [3.63, 3.8) is 0 Å². The number of fused-ring (bicyclic) bond motifs is 2. The molecule has 0 bridgehead atoms. The number of likely N-dealkylation sites (tertiary alicyclic amines) is 1. The third kappa shape index (κ3) is 3.61. The number of carbonyl (C=O) groups excluding carboxylic acids is 1. The molecular weight excluding hydrogens is 469 g/mol. The molecule has 2 fully saturated rings. The van der Waals surface area contributed by atoms with Crippen LogP contribution in [0.2, 0.25) is 0 Å². The maximum absolute atomic E-state index is 14.9. The van der Waals surface area contributed by atoms with Crippen molar-refractivity contribution in [3.8, 4) is 5.75 Å². The first-order valence-electron chi connectivity index (χ1n) is 11.6. The standard InChI is InChI=1S/C24H26FN7O2S/c1-30-9-4-7-24(30)8-10-32(13-24)17-6-5-15-22(28-17)35-23(27-15)21(33)26-16-11-14-12-31(2)29-19(14)18(25)20(16)34-3/h5-6,11-12H,4,7-10,13H2,1-3H3,(H,26,33). The van der Waals surface area contributed by atoms with E-state index in [9.17, 15) is 9.18 Å². The van der Waals surface area contributed by atoms with Crippen LogP contribution in [-0.4, -0.2) is 69.9 Å². The van der Waals surface area contributed by atoms with E-state index in [1.165, 1.54) is 36.0 Å². The fourth-order valence-corrected chi connectivity index (χ4v) is 6.25. The molecular formula is C24H26FN7O2S. The molecule has 1 aromatic carbocycles. The van der Waals surface area contributed by atoms with Gasteiger partial charge >= 0.3 is 0 Å². The summed E-state index contributed by atoms with van der Waals surface area (Å²) in [6.07, 6.45) is 5.29. The van der Waals surface area contributed by atoms with Gasteiger partial charge in [0.1, 0.15) is 21.7 Å². The van der Waals surface area contributed by atoms with Crippen LogP contribution in [0.3, 0.4) is 0 Å². The van der Waals surface area contributed by atoms with E-state index in [1.54, 1.807) is 19.3 Å². The second kappa shape index (κ2) is 8.13. The molecule has 1 amide bonds. The molecule has 3 aromatic heterocycles. The number of carbonyl (C=O) groups is 1. The highest BCUT2D eigenvalue weighted by Gasteiger charge is 2.44. The summed E-state index contributed by atoms with van der Waals surface area (Å²) in [6, 6.07) is 5.54. The van der Waals surface area contributed by atoms with Gasteiger partial charge in [0.2, 0.25) is 0 Å². The molecule has 6 rings (SSSR count). The molecule has 0 aliphatic carbocycles. The predicted molar refractivity (Wildman–Crippen MR) is 134 cm³/mol. The van der Waals surface area contributed by atoms with Crippen LogP contribution in [0, 0.1) is 5.82 Å². The minimum absolute atomic E-state index is 0.0640. The molecule has 11 heteroatoms. The Balaban J connectivity index is 1.26. The van der Waals surface area contributed by atoms with E-state index >= 15 is 0 Å². The van der Waals surface area contributed by atoms with Crippen LogP contribution in [0.25, 0.3) is 21.3 Å². The molecule has 2 aliphatic rings. The highest BCUT2D eigenvalue weighted by Crippen LogP contribution is 2.38. The smallest absolute Gasteiger partial charge is 0.284 e. The lowest BCUT2D eigenvalue weighted by Gasteiger charge is -2.32. The Bertz CT molecular complexity index is 1470. The Morgan fingerprint density at radius 3 is 2.86 bits per heavy atom. The number of hydrogen-bond donors (Lipinski definition) is 1. The van der Waals surface area contributed by atoms with Gasteiger partial charge in [-0.3, -0.25) is 14.4 Å². The van der Waals surface area contributed by atoms with E-state index < -0.39 is 11.7 Å². The molecule has 182 valence electrons. The van der Waals surface area contributed by atoms with E-state index in [2.05, 4.69) is 32.2 Å². The van der Waals surface area contributed by atoms with Crippen molar-refractivity contribution in [1.82, 2.24) is 24.6 Å². The number of likely N-dealkylation sites (N-methyl/N-ethyl adjacent to an activating group) is 1. The number of anilines is 2. The molecule has 35 heavy (non-hydrogen) atoms. The number of aromatic nitrogens is 4. The normalized spacial score (nSPS) is 20.5. The molecule has 0 radical (unpaired) electrons. The summed E-state index contributed by atoms with van der Waals surface area (Å²) < 4.78 is 21.7. The summed E-state index contributed by atoms with van der Waals surface area (Å²) in [7, 11) is 5.28. The molecule has 1 spiro atoms. The van der Waals surface area contributed by atoms with Crippen LogP contribution in [0.5, 0.6) is 5.75 Å². The van der Waals surface area contributed by atoms with Gasteiger partial charge in [-0.15, -0.1) is 0 Å². The van der Waals surface area contributed by atoms with Crippen molar-refractivity contribution in [2.45, 2.75) is 24.8 Å². The van der Waals surface area contributed by atoms with Crippen molar-refractivity contribution >= 4 is 50.0 Å². The number of ether oxygens (including phenoxy) is 1. The third-order valence-corrected chi connectivity index (χ3v) is 8.26. The number of aryl methyl sites for hydroxylation is 1. The Kier molecular flexibility index (Phi) is 5.15. The molecule has 1 unspecified atom stereocenters. The van der Waals surface area contributed by atoms with E-state index in [0.29, 0.717) is 15.7 Å². The average Bonchev–Trinajstić information content (AvgIpc) is 3.61. The number of rotatable bonds is 4. The van der Waals surface area contributed by atoms with Crippen LogP contribution in [-0.2, 0) is 7.05 Å². The van der Waals surface area contributed by atoms with Gasteiger partial charge in [-0.2, -0.15) is 5.10 Å². The zero-order valence-electron chi connectivity index (χ0n) is 19.8. The maximum atomic E-state index is 14.9. The minimum Gasteiger partial charge on any atom is -0.491 e. The van der Waals surface area contributed by atoms with Gasteiger partial charge in [0, 0.05) is 37.3 Å². The number of pyridine rings is 1. The fraction of sp³-hybridized carbons (Fsp3) is 0.417. The van der Waals surface area contributed by atoms with Gasteiger partial charge in [-0.05, 0) is 51.1 Å². The van der Waals surface area contributed by atoms with Crippen molar-refractivity contribution in [3.05, 3.63) is 35.2 Å². The van der Waals surface area contributed by atoms with Crippen molar-refractivity contribution in [1.29, 1.82) is 0 Å². The van der Waals surface area contributed by atoms with Gasteiger partial charge in [-0.1, -0.05) is 11.3 Å². The minimum atomic E-state index is -0.618. The highest BCUT2D eigenvalue weighted by molar-refractivity contribution is 7.20. The zero-order chi connectivity index (χ0) is 24.3. The fourth-order valence-electron chi connectivity index (χ4n) is 5.42. The van der Waals surface area contributed by atoms with Crippen LogP contribution in [0.15, 0.2) is 24.4 Å². The summed E-state index contributed by atoms with van der Waals surface area (Å²) in [4.78, 5) is 27.9. The van der Waals surface area contributed by atoms with Crippen molar-refractivity contribution in [2.75, 3.05) is 44.0 Å². The summed E-state index contributed by atoms with van der Waals surface area (Å²) in [5, 5.41) is 7.69. The number of benzene rings is 1. The first kappa shape index (κ1) is 22.2. The second-order valence-electron chi connectivity index (χ2n) is 9.40. The van der Waals surface area contributed by atoms with Gasteiger partial charge in [0.25, 0.3) is 5.91 Å². The Labute approximate surface area is 205 Å². The van der Waals surface area contributed by atoms with Gasteiger partial charge in [-0.25, -0.2) is 14.4 Å². The van der Waals surface area contributed by atoms with E-state index in [1.807, 2.05) is 12.1 Å². The predicted octanol–water partition coefficient (Wildman–Crippen LogP) is 3.65. The molecule has 9 nitrogen and oxygen atoms in total. The third-order valence-electron chi connectivity index (χ3n) is 7.30. The van der Waals surface area contributed by atoms with Crippen LogP contribution < -0.4 is 15.0 Å². The summed E-state index contributed by atoms with van der Waals surface area (Å²) in [5.74, 6) is -0.210. The second-order valence-corrected chi connectivity index (χ2v) is 10.4. The molecule has 2 aliphatic heterocycles. The number of methoxy groups -OCH3 is 1. The van der Waals surface area contributed by atoms with Crippen molar-refractivity contribution < 1.29 is 13.9 Å². The average molecular weight is 496 g/mol.